The first-order chi connectivity index (χ1) is 13.2. The van der Waals surface area contributed by atoms with Crippen molar-refractivity contribution in [2.24, 2.45) is 7.05 Å². The van der Waals surface area contributed by atoms with Gasteiger partial charge in [-0.25, -0.2) is 4.68 Å². The average molecular weight is 404 g/mol. The molecule has 1 aromatic heterocycles. The molecule has 2 aromatic carbocycles. The molecular weight excluding hydrogens is 382 g/mol. The first kappa shape index (κ1) is 19.7. The van der Waals surface area contributed by atoms with E-state index in [4.69, 9.17) is 16.3 Å². The van der Waals surface area contributed by atoms with Crippen molar-refractivity contribution >= 4 is 23.4 Å². The number of halogens is 1. The van der Waals surface area contributed by atoms with Crippen molar-refractivity contribution in [1.29, 1.82) is 0 Å². The van der Waals surface area contributed by atoms with Crippen LogP contribution in [0, 0.1) is 0 Å². The Bertz CT molecular complexity index is 823. The van der Waals surface area contributed by atoms with Gasteiger partial charge in [-0.05, 0) is 58.8 Å². The molecular formula is C19H22ClN5OS. The van der Waals surface area contributed by atoms with Crippen LogP contribution in [0.1, 0.15) is 17.5 Å². The summed E-state index contributed by atoms with van der Waals surface area (Å²) in [6.45, 7) is 2.33. The second-order valence-electron chi connectivity index (χ2n) is 6.02. The molecule has 0 aliphatic carbocycles. The summed E-state index contributed by atoms with van der Waals surface area (Å²) in [6.07, 6.45) is 1.06. The number of nitrogens with zero attached hydrogens (tertiary/aromatic N) is 4. The molecule has 8 heteroatoms. The molecule has 142 valence electrons. The molecule has 0 radical (unpaired) electrons. The van der Waals surface area contributed by atoms with Crippen LogP contribution >= 0.6 is 23.4 Å². The van der Waals surface area contributed by atoms with Gasteiger partial charge in [-0.1, -0.05) is 47.6 Å². The van der Waals surface area contributed by atoms with E-state index in [9.17, 15) is 0 Å². The first-order valence-electron chi connectivity index (χ1n) is 8.73. The van der Waals surface area contributed by atoms with Gasteiger partial charge in [0.15, 0.2) is 0 Å². The van der Waals surface area contributed by atoms with Gasteiger partial charge in [-0.3, -0.25) is 0 Å². The van der Waals surface area contributed by atoms with Crippen LogP contribution in [-0.4, -0.2) is 32.5 Å². The molecule has 0 aliphatic rings. The Morgan fingerprint density at radius 3 is 2.52 bits per heavy atom. The van der Waals surface area contributed by atoms with Crippen molar-refractivity contribution in [3.8, 4) is 5.75 Å². The van der Waals surface area contributed by atoms with Gasteiger partial charge in [0.05, 0.1) is 0 Å². The van der Waals surface area contributed by atoms with Crippen LogP contribution in [0.3, 0.4) is 0 Å². The Labute approximate surface area is 168 Å². The number of thioether (sulfide) groups is 1. The molecule has 3 aromatic rings. The molecule has 6 nitrogen and oxygen atoms in total. The van der Waals surface area contributed by atoms with E-state index in [1.807, 2.05) is 43.4 Å². The second-order valence-corrected chi connectivity index (χ2v) is 7.52. The van der Waals surface area contributed by atoms with Crippen LogP contribution in [0.4, 0.5) is 0 Å². The number of tetrazole rings is 1. The van der Waals surface area contributed by atoms with E-state index in [0.29, 0.717) is 6.61 Å². The third-order valence-corrected chi connectivity index (χ3v) is 5.23. The van der Waals surface area contributed by atoms with Crippen molar-refractivity contribution in [1.82, 2.24) is 25.5 Å². The highest BCUT2D eigenvalue weighted by atomic mass is 35.5. The van der Waals surface area contributed by atoms with Crippen molar-refractivity contribution in [3.05, 3.63) is 64.7 Å². The lowest BCUT2D eigenvalue weighted by atomic mass is 10.2. The van der Waals surface area contributed by atoms with Crippen LogP contribution in [0.15, 0.2) is 53.7 Å². The molecule has 0 amide bonds. The first-order valence-corrected chi connectivity index (χ1v) is 10.1. The molecule has 0 saturated heterocycles. The van der Waals surface area contributed by atoms with Gasteiger partial charge in [0.2, 0.25) is 5.16 Å². The van der Waals surface area contributed by atoms with Crippen LogP contribution in [0.2, 0.25) is 5.02 Å². The predicted molar refractivity (Wildman–Crippen MR) is 108 cm³/mol. The Morgan fingerprint density at radius 2 is 1.81 bits per heavy atom. The van der Waals surface area contributed by atoms with Crippen molar-refractivity contribution in [3.63, 3.8) is 0 Å². The van der Waals surface area contributed by atoms with Gasteiger partial charge in [0.25, 0.3) is 0 Å². The van der Waals surface area contributed by atoms with E-state index in [1.54, 1.807) is 16.4 Å². The van der Waals surface area contributed by atoms with E-state index < -0.39 is 0 Å². The van der Waals surface area contributed by atoms with Crippen LogP contribution in [0.25, 0.3) is 0 Å². The highest BCUT2D eigenvalue weighted by molar-refractivity contribution is 7.99. The summed E-state index contributed by atoms with van der Waals surface area (Å²) in [5.74, 6) is 1.85. The largest absolute Gasteiger partial charge is 0.489 e. The third kappa shape index (κ3) is 6.53. The summed E-state index contributed by atoms with van der Waals surface area (Å²) >= 11 is 7.56. The van der Waals surface area contributed by atoms with E-state index in [0.717, 1.165) is 46.8 Å². The van der Waals surface area contributed by atoms with Gasteiger partial charge >= 0.3 is 0 Å². The maximum atomic E-state index is 5.89. The highest BCUT2D eigenvalue weighted by Gasteiger charge is 2.02. The van der Waals surface area contributed by atoms with Gasteiger partial charge in [-0.2, -0.15) is 0 Å². The molecule has 0 fully saturated rings. The maximum Gasteiger partial charge on any atom is 0.209 e. The molecule has 0 unspecified atom stereocenters. The summed E-state index contributed by atoms with van der Waals surface area (Å²) in [7, 11) is 1.85. The third-order valence-electron chi connectivity index (χ3n) is 3.88. The average Bonchev–Trinajstić information content (AvgIpc) is 3.10. The fourth-order valence-electron chi connectivity index (χ4n) is 2.39. The lowest BCUT2D eigenvalue weighted by molar-refractivity contribution is 0.306. The van der Waals surface area contributed by atoms with Crippen molar-refractivity contribution in [2.75, 3.05) is 12.3 Å². The summed E-state index contributed by atoms with van der Waals surface area (Å²) in [5, 5.41) is 16.4. The Balaban J connectivity index is 1.31. The number of nitrogens with one attached hydrogen (secondary N) is 1. The predicted octanol–water partition coefficient (Wildman–Crippen LogP) is 3.71. The van der Waals surface area contributed by atoms with Crippen LogP contribution in [-0.2, 0) is 20.2 Å². The fraction of sp³-hybridized carbons (Fsp3) is 0.316. The molecule has 0 atom stereocenters. The zero-order valence-corrected chi connectivity index (χ0v) is 16.7. The molecule has 0 saturated carbocycles. The minimum atomic E-state index is 0.535. The fourth-order valence-corrected chi connectivity index (χ4v) is 3.30. The lowest BCUT2D eigenvalue weighted by Crippen LogP contribution is -2.15. The number of benzene rings is 2. The SMILES string of the molecule is Cn1nnnc1SCCCNCc1ccc(OCc2ccc(Cl)cc2)cc1. The standard InChI is InChI=1S/C19H22ClN5OS/c1-25-19(22-23-24-25)27-12-2-11-21-13-15-5-9-18(10-6-15)26-14-16-3-7-17(20)8-4-16/h3-10,21H,2,11-14H2,1H3. The summed E-state index contributed by atoms with van der Waals surface area (Å²) in [4.78, 5) is 0. The van der Waals surface area contributed by atoms with Gasteiger partial charge in [0, 0.05) is 24.4 Å². The van der Waals surface area contributed by atoms with Gasteiger partial charge in [0.1, 0.15) is 12.4 Å². The number of hydrogen-bond donors (Lipinski definition) is 1. The lowest BCUT2D eigenvalue weighted by Gasteiger charge is -2.08. The number of rotatable bonds is 10. The van der Waals surface area contributed by atoms with Crippen LogP contribution in [0.5, 0.6) is 5.75 Å². The van der Waals surface area contributed by atoms with Gasteiger partial charge < -0.3 is 10.1 Å². The Hall–Kier alpha value is -2.09. The number of hydrogen-bond acceptors (Lipinski definition) is 6. The zero-order chi connectivity index (χ0) is 18.9. The number of aromatic nitrogens is 4. The molecule has 1 N–H and O–H groups in total. The molecule has 1 heterocycles. The molecule has 0 bridgehead atoms. The molecule has 3 rings (SSSR count). The number of aryl methyl sites for hydroxylation is 1. The Morgan fingerprint density at radius 1 is 1.07 bits per heavy atom. The smallest absolute Gasteiger partial charge is 0.209 e. The topological polar surface area (TPSA) is 64.9 Å². The minimum Gasteiger partial charge on any atom is -0.489 e. The van der Waals surface area contributed by atoms with E-state index in [1.165, 1.54) is 5.56 Å². The van der Waals surface area contributed by atoms with Crippen LogP contribution < -0.4 is 10.1 Å². The molecule has 0 aliphatic heterocycles. The van der Waals surface area contributed by atoms with E-state index >= 15 is 0 Å². The molecule has 27 heavy (non-hydrogen) atoms. The number of ether oxygens (including phenoxy) is 1. The summed E-state index contributed by atoms with van der Waals surface area (Å²) in [5.41, 5.74) is 2.33. The van der Waals surface area contributed by atoms with E-state index in [-0.39, 0.29) is 0 Å². The van der Waals surface area contributed by atoms with Crippen molar-refractivity contribution < 1.29 is 4.74 Å². The minimum absolute atomic E-state index is 0.535. The summed E-state index contributed by atoms with van der Waals surface area (Å²) < 4.78 is 7.49. The monoisotopic (exact) mass is 403 g/mol. The van der Waals surface area contributed by atoms with Crippen molar-refractivity contribution in [2.45, 2.75) is 24.7 Å². The van der Waals surface area contributed by atoms with Gasteiger partial charge in [-0.15, -0.1) is 5.10 Å². The quantitative estimate of drug-likeness (QED) is 0.411. The highest BCUT2D eigenvalue weighted by Crippen LogP contribution is 2.16. The molecule has 0 spiro atoms. The zero-order valence-electron chi connectivity index (χ0n) is 15.1. The normalized spacial score (nSPS) is 10.9. The summed E-state index contributed by atoms with van der Waals surface area (Å²) in [6, 6.07) is 15.9. The van der Waals surface area contributed by atoms with E-state index in [2.05, 4.69) is 33.0 Å². The Kier molecular flexibility index (Phi) is 7.50. The second kappa shape index (κ2) is 10.3. The maximum absolute atomic E-state index is 5.89.